The number of likely N-dealkylation sites (tertiary alicyclic amines) is 1. The van der Waals surface area contributed by atoms with Crippen LogP contribution in [0.25, 0.3) is 0 Å². The highest BCUT2D eigenvalue weighted by molar-refractivity contribution is 5.94. The molecule has 0 spiro atoms. The average Bonchev–Trinajstić information content (AvgIpc) is 2.76. The van der Waals surface area contributed by atoms with E-state index in [0.717, 1.165) is 49.5 Å². The second kappa shape index (κ2) is 10.8. The molecule has 32 heavy (non-hydrogen) atoms. The molecule has 0 atom stereocenters. The van der Waals surface area contributed by atoms with Crippen LogP contribution in [0, 0.1) is 25.7 Å². The molecule has 0 unspecified atom stereocenters. The largest absolute Gasteiger partial charge is 0.496 e. The quantitative estimate of drug-likeness (QED) is 0.675. The van der Waals surface area contributed by atoms with E-state index in [1.165, 1.54) is 5.56 Å². The zero-order chi connectivity index (χ0) is 23.3. The molecule has 1 amide bonds. The molecule has 1 aromatic heterocycles. The van der Waals surface area contributed by atoms with Gasteiger partial charge < -0.3 is 14.6 Å². The summed E-state index contributed by atoms with van der Waals surface area (Å²) < 4.78 is 5.49. The maximum Gasteiger partial charge on any atom is 0.261 e. The first-order valence-electron chi connectivity index (χ1n) is 11.6. The van der Waals surface area contributed by atoms with Gasteiger partial charge in [-0.3, -0.25) is 14.5 Å². The van der Waals surface area contributed by atoms with Gasteiger partial charge in [0, 0.05) is 30.9 Å². The van der Waals surface area contributed by atoms with Gasteiger partial charge in [0.15, 0.2) is 0 Å². The van der Waals surface area contributed by atoms with Crippen molar-refractivity contribution in [2.24, 2.45) is 11.8 Å². The predicted molar refractivity (Wildman–Crippen MR) is 128 cm³/mol. The third kappa shape index (κ3) is 6.00. The lowest BCUT2D eigenvalue weighted by Gasteiger charge is -2.35. The number of aromatic amines is 1. The van der Waals surface area contributed by atoms with Crippen molar-refractivity contribution >= 4 is 5.91 Å². The first-order valence-corrected chi connectivity index (χ1v) is 11.6. The van der Waals surface area contributed by atoms with Crippen LogP contribution < -0.4 is 10.3 Å². The number of H-pyrrole nitrogens is 1. The number of aryl methyl sites for hydroxylation is 2. The number of piperidine rings is 1. The summed E-state index contributed by atoms with van der Waals surface area (Å²) in [7, 11) is 1.71. The Balaban J connectivity index is 1.64. The highest BCUT2D eigenvalue weighted by Gasteiger charge is 2.26. The molecule has 3 rings (SSSR count). The summed E-state index contributed by atoms with van der Waals surface area (Å²) in [6.07, 6.45) is 2.08. The molecule has 0 aliphatic carbocycles. The maximum atomic E-state index is 13.3. The fraction of sp³-hybridized carbons (Fsp3) is 0.538. The SMILES string of the molecule is COc1ccccc1CN1CCC(CN(CC(C)C)C(=O)c2cc(C)c(C)[nH]c2=O)CC1. The molecule has 0 bridgehead atoms. The van der Waals surface area contributed by atoms with E-state index in [1.807, 2.05) is 30.9 Å². The van der Waals surface area contributed by atoms with Crippen LogP contribution in [0.2, 0.25) is 0 Å². The molecule has 1 N–H and O–H groups in total. The van der Waals surface area contributed by atoms with Gasteiger partial charge in [0.25, 0.3) is 11.5 Å². The molecule has 1 saturated heterocycles. The minimum Gasteiger partial charge on any atom is -0.496 e. The van der Waals surface area contributed by atoms with Gasteiger partial charge in [0.2, 0.25) is 0 Å². The van der Waals surface area contributed by atoms with Crippen molar-refractivity contribution in [1.82, 2.24) is 14.8 Å². The minimum atomic E-state index is -0.293. The number of carbonyl (C=O) groups excluding carboxylic acids is 1. The van der Waals surface area contributed by atoms with Crippen LogP contribution >= 0.6 is 0 Å². The van der Waals surface area contributed by atoms with Crippen molar-refractivity contribution < 1.29 is 9.53 Å². The summed E-state index contributed by atoms with van der Waals surface area (Å²) in [5.41, 5.74) is 2.91. The molecule has 1 aliphatic heterocycles. The van der Waals surface area contributed by atoms with Gasteiger partial charge in [-0.05, 0) is 69.3 Å². The normalized spacial score (nSPS) is 15.2. The highest BCUT2D eigenvalue weighted by Crippen LogP contribution is 2.24. The summed E-state index contributed by atoms with van der Waals surface area (Å²) in [6, 6.07) is 9.91. The van der Waals surface area contributed by atoms with Gasteiger partial charge in [0.05, 0.1) is 7.11 Å². The van der Waals surface area contributed by atoms with Crippen molar-refractivity contribution in [1.29, 1.82) is 0 Å². The lowest BCUT2D eigenvalue weighted by Crippen LogP contribution is -2.43. The monoisotopic (exact) mass is 439 g/mol. The van der Waals surface area contributed by atoms with Crippen LogP contribution in [0.3, 0.4) is 0 Å². The van der Waals surface area contributed by atoms with Gasteiger partial charge >= 0.3 is 0 Å². The predicted octanol–water partition coefficient (Wildman–Crippen LogP) is 4.01. The Labute approximate surface area is 191 Å². The van der Waals surface area contributed by atoms with E-state index in [1.54, 1.807) is 13.2 Å². The van der Waals surface area contributed by atoms with Crippen LogP contribution in [0.1, 0.15) is 53.9 Å². The van der Waals surface area contributed by atoms with E-state index >= 15 is 0 Å². The van der Waals surface area contributed by atoms with E-state index < -0.39 is 0 Å². The van der Waals surface area contributed by atoms with Gasteiger partial charge in [-0.15, -0.1) is 0 Å². The molecule has 1 aliphatic rings. The molecular weight excluding hydrogens is 402 g/mol. The van der Waals surface area contributed by atoms with Gasteiger partial charge in [-0.2, -0.15) is 0 Å². The van der Waals surface area contributed by atoms with Gasteiger partial charge in [-0.25, -0.2) is 0 Å². The van der Waals surface area contributed by atoms with Crippen LogP contribution in [0.5, 0.6) is 5.75 Å². The Bertz CT molecular complexity index is 975. The molecule has 6 heteroatoms. The minimum absolute atomic E-state index is 0.153. The fourth-order valence-corrected chi connectivity index (χ4v) is 4.45. The summed E-state index contributed by atoms with van der Waals surface area (Å²) in [5, 5.41) is 0. The second-order valence-electron chi connectivity index (χ2n) is 9.46. The Morgan fingerprint density at radius 2 is 1.91 bits per heavy atom. The Morgan fingerprint density at radius 3 is 2.56 bits per heavy atom. The number of ether oxygens (including phenoxy) is 1. The second-order valence-corrected chi connectivity index (χ2v) is 9.46. The number of hydrogen-bond donors (Lipinski definition) is 1. The van der Waals surface area contributed by atoms with Crippen molar-refractivity contribution in [2.45, 2.75) is 47.1 Å². The zero-order valence-electron chi connectivity index (χ0n) is 20.1. The van der Waals surface area contributed by atoms with Crippen molar-refractivity contribution in [3.63, 3.8) is 0 Å². The molecule has 0 radical (unpaired) electrons. The Morgan fingerprint density at radius 1 is 1.22 bits per heavy atom. The molecule has 0 saturated carbocycles. The van der Waals surface area contributed by atoms with Crippen LogP contribution in [-0.4, -0.2) is 54.0 Å². The van der Waals surface area contributed by atoms with Gasteiger partial charge in [-0.1, -0.05) is 32.0 Å². The lowest BCUT2D eigenvalue weighted by molar-refractivity contribution is 0.0661. The highest BCUT2D eigenvalue weighted by atomic mass is 16.5. The molecule has 2 aromatic rings. The molecular formula is C26H37N3O3. The molecule has 2 heterocycles. The number of carbonyl (C=O) groups is 1. The topological polar surface area (TPSA) is 65.6 Å². The van der Waals surface area contributed by atoms with Crippen molar-refractivity contribution in [3.05, 3.63) is 63.1 Å². The summed E-state index contributed by atoms with van der Waals surface area (Å²) in [6.45, 7) is 12.2. The number of benzene rings is 1. The van der Waals surface area contributed by atoms with Crippen molar-refractivity contribution in [2.75, 3.05) is 33.3 Å². The fourth-order valence-electron chi connectivity index (χ4n) is 4.45. The smallest absolute Gasteiger partial charge is 0.261 e. The number of para-hydroxylation sites is 1. The van der Waals surface area contributed by atoms with Gasteiger partial charge in [0.1, 0.15) is 11.3 Å². The first kappa shape index (κ1) is 24.1. The summed E-state index contributed by atoms with van der Waals surface area (Å²) in [5.74, 6) is 1.56. The Kier molecular flexibility index (Phi) is 8.13. The molecule has 174 valence electrons. The lowest BCUT2D eigenvalue weighted by atomic mass is 9.95. The van der Waals surface area contributed by atoms with E-state index in [9.17, 15) is 9.59 Å². The third-order valence-corrected chi connectivity index (χ3v) is 6.37. The first-order chi connectivity index (χ1) is 15.3. The van der Waals surface area contributed by atoms with Crippen molar-refractivity contribution in [3.8, 4) is 5.75 Å². The molecule has 1 aromatic carbocycles. The van der Waals surface area contributed by atoms with E-state index in [-0.39, 0.29) is 17.0 Å². The average molecular weight is 440 g/mol. The Hall–Kier alpha value is -2.60. The summed E-state index contributed by atoms with van der Waals surface area (Å²) in [4.78, 5) is 32.9. The number of pyridine rings is 1. The van der Waals surface area contributed by atoms with E-state index in [2.05, 4.69) is 35.9 Å². The van der Waals surface area contributed by atoms with E-state index in [0.29, 0.717) is 24.9 Å². The third-order valence-electron chi connectivity index (χ3n) is 6.37. The zero-order valence-corrected chi connectivity index (χ0v) is 20.1. The maximum absolute atomic E-state index is 13.3. The standard InChI is InChI=1S/C26H37N3O3/c1-18(2)15-29(26(31)23-14-19(3)20(4)27-25(23)30)16-21-10-12-28(13-11-21)17-22-8-6-7-9-24(22)32-5/h6-9,14,18,21H,10-13,15-17H2,1-5H3,(H,27,30). The van der Waals surface area contributed by atoms with E-state index in [4.69, 9.17) is 4.74 Å². The number of methoxy groups -OCH3 is 1. The molecule has 1 fully saturated rings. The van der Waals surface area contributed by atoms with Crippen LogP contribution in [-0.2, 0) is 6.54 Å². The number of nitrogens with zero attached hydrogens (tertiary/aromatic N) is 2. The van der Waals surface area contributed by atoms with Crippen LogP contribution in [0.15, 0.2) is 35.1 Å². The number of aromatic nitrogens is 1. The number of amides is 1. The van der Waals surface area contributed by atoms with Crippen LogP contribution in [0.4, 0.5) is 0 Å². The molecule has 6 nitrogen and oxygen atoms in total. The number of rotatable bonds is 8. The summed E-state index contributed by atoms with van der Waals surface area (Å²) >= 11 is 0. The number of hydrogen-bond acceptors (Lipinski definition) is 4. The number of nitrogens with one attached hydrogen (secondary N) is 1.